The van der Waals surface area contributed by atoms with Crippen LogP contribution in [0.5, 0.6) is 0 Å². The van der Waals surface area contributed by atoms with Gasteiger partial charge in [-0.05, 0) is 0 Å². The number of carbonyl (C=O) groups is 3. The first-order valence-electron chi connectivity index (χ1n) is 10.6. The molecule has 3 aliphatic heterocycles. The Morgan fingerprint density at radius 3 is 2.19 bits per heavy atom. The number of piperidine rings is 1. The first-order chi connectivity index (χ1) is 14.7. The van der Waals surface area contributed by atoms with E-state index in [4.69, 9.17) is 24.4 Å². The zero-order valence-electron chi connectivity index (χ0n) is 17.4. The predicted octanol–water partition coefficient (Wildman–Crippen LogP) is -1.55. The van der Waals surface area contributed by atoms with Gasteiger partial charge in [0.25, 0.3) is 0 Å². The van der Waals surface area contributed by atoms with Crippen molar-refractivity contribution >= 4 is 69.6 Å². The fourth-order valence-electron chi connectivity index (χ4n) is 5.28. The molecule has 0 saturated carbocycles. The van der Waals surface area contributed by atoms with Crippen LogP contribution in [0.2, 0.25) is 0 Å². The molecule has 12 heteroatoms. The fourth-order valence-corrected chi connectivity index (χ4v) is 6.39. The number of aliphatic hydroxyl groups is 2. The molecule has 31 heavy (non-hydrogen) atoms. The van der Waals surface area contributed by atoms with Crippen LogP contribution in [-0.4, -0.2) is 142 Å². The molecular weight excluding hydrogens is 799 g/mol. The van der Waals surface area contributed by atoms with Crippen molar-refractivity contribution in [3.05, 3.63) is 0 Å². The van der Waals surface area contributed by atoms with Crippen molar-refractivity contribution in [1.82, 2.24) is 5.32 Å². The topological polar surface area (TPSA) is 131 Å². The number of carbonyl (C=O) groups excluding carboxylic acids is 3. The molecule has 0 aromatic heterocycles. The third kappa shape index (κ3) is 6.09. The van der Waals surface area contributed by atoms with Gasteiger partial charge in [-0.1, -0.05) is 0 Å². The maximum atomic E-state index is 12.8. The van der Waals surface area contributed by atoms with Gasteiger partial charge in [0.05, 0.1) is 0 Å². The van der Waals surface area contributed by atoms with Crippen LogP contribution in [-0.2, 0) is 23.8 Å². The molecule has 3 heterocycles. The Hall–Kier alpha value is -0.0658. The van der Waals surface area contributed by atoms with Gasteiger partial charge in [-0.25, -0.2) is 0 Å². The van der Waals surface area contributed by atoms with Crippen molar-refractivity contribution in [3.8, 4) is 0 Å². The van der Waals surface area contributed by atoms with Crippen molar-refractivity contribution < 1.29 is 43.3 Å². The summed E-state index contributed by atoms with van der Waals surface area (Å²) in [6, 6.07) is 0.316. The van der Waals surface area contributed by atoms with E-state index >= 15 is 0 Å². The average molecular weight is 828 g/mol. The molecular formula is C19H29N2O8Pb2+. The number of hydrogen-bond acceptors (Lipinski definition) is 8. The molecule has 0 aromatic carbocycles. The van der Waals surface area contributed by atoms with E-state index in [0.717, 1.165) is 12.8 Å². The van der Waals surface area contributed by atoms with Crippen LogP contribution in [0.1, 0.15) is 38.5 Å². The van der Waals surface area contributed by atoms with E-state index in [9.17, 15) is 14.4 Å². The van der Waals surface area contributed by atoms with Crippen LogP contribution >= 0.6 is 0 Å². The number of amides is 1. The molecule has 3 fully saturated rings. The first kappa shape index (κ1) is 25.6. The van der Waals surface area contributed by atoms with E-state index in [1.807, 2.05) is 0 Å². The summed E-state index contributed by atoms with van der Waals surface area (Å²) in [5, 5.41) is 20.2. The quantitative estimate of drug-likeness (QED) is 0.153. The van der Waals surface area contributed by atoms with Crippen LogP contribution in [0.25, 0.3) is 0 Å². The zero-order chi connectivity index (χ0) is 22.6. The summed E-state index contributed by atoms with van der Waals surface area (Å²) in [5.41, 5.74) is 0. The SMILES string of the molecule is O=C(COC(=O)O[C]([Pb])([Pb])C(=O)OC1CC2CCC(C1)[N+]21CCCC1)NC(CO)CO. The minimum absolute atomic E-state index is 0.129. The minimum atomic E-state index is -1.28. The second kappa shape index (κ2) is 10.9. The number of rotatable bonds is 8. The summed E-state index contributed by atoms with van der Waals surface area (Å²) in [6.07, 6.45) is 5.50. The van der Waals surface area contributed by atoms with E-state index in [1.54, 1.807) is 0 Å². The van der Waals surface area contributed by atoms with E-state index < -0.39 is 44.6 Å². The number of quaternary nitrogens is 1. The predicted molar refractivity (Wildman–Crippen MR) is 108 cm³/mol. The molecule has 3 aliphatic rings. The number of aliphatic hydroxyl groups excluding tert-OH is 2. The molecule has 3 rings (SSSR count). The Balaban J connectivity index is 1.44. The summed E-state index contributed by atoms with van der Waals surface area (Å²) in [6.45, 7) is 0.995. The number of nitrogens with one attached hydrogen (secondary N) is 1. The average Bonchev–Trinajstić information content (AvgIpc) is 3.26. The number of nitrogens with zero attached hydrogens (tertiary/aromatic N) is 1. The van der Waals surface area contributed by atoms with E-state index in [1.165, 1.54) is 43.3 Å². The Bertz CT molecular complexity index is 666. The first-order valence-corrected chi connectivity index (χ1v) is 14.5. The van der Waals surface area contributed by atoms with Crippen LogP contribution in [0.3, 0.4) is 0 Å². The van der Waals surface area contributed by atoms with Gasteiger partial charge in [0.1, 0.15) is 0 Å². The van der Waals surface area contributed by atoms with E-state index in [2.05, 4.69) is 5.32 Å². The van der Waals surface area contributed by atoms with Crippen molar-refractivity contribution in [2.75, 3.05) is 32.9 Å². The molecule has 2 atom stereocenters. The Kier molecular flexibility index (Phi) is 8.99. The maximum absolute atomic E-state index is 12.8. The van der Waals surface area contributed by atoms with Crippen molar-refractivity contribution in [1.29, 1.82) is 0 Å². The molecule has 1 amide bonds. The monoisotopic (exact) mass is 829 g/mol. The van der Waals surface area contributed by atoms with Crippen LogP contribution in [0.15, 0.2) is 0 Å². The normalized spacial score (nSPS) is 26.7. The van der Waals surface area contributed by atoms with Crippen LogP contribution < -0.4 is 5.32 Å². The second-order valence-corrected chi connectivity index (χ2v) is 21.6. The van der Waals surface area contributed by atoms with Crippen molar-refractivity contribution in [3.63, 3.8) is 0 Å². The second-order valence-electron chi connectivity index (χ2n) is 8.59. The molecule has 2 bridgehead atoms. The van der Waals surface area contributed by atoms with E-state index in [0.29, 0.717) is 12.1 Å². The van der Waals surface area contributed by atoms with Gasteiger partial charge in [-0.3, -0.25) is 0 Å². The fraction of sp³-hybridized carbons (Fsp3) is 0.842. The standard InChI is InChI=1S/C19H28N2O8.2Pb/c22-9-13(10-23)20-17(24)11-27-19(26)28-12-18(25)29-16-7-14-3-4-15(8-16)21(14)5-1-2-6-21;;/h13-16,22-23H,1-11H2;;/p+1. The molecule has 0 aliphatic carbocycles. The van der Waals surface area contributed by atoms with Gasteiger partial charge in [0.15, 0.2) is 0 Å². The molecule has 1 spiro atoms. The molecule has 3 saturated heterocycles. The molecule has 6 radical (unpaired) electrons. The molecule has 170 valence electrons. The van der Waals surface area contributed by atoms with Gasteiger partial charge in [-0.15, -0.1) is 0 Å². The van der Waals surface area contributed by atoms with Crippen molar-refractivity contribution in [2.24, 2.45) is 0 Å². The van der Waals surface area contributed by atoms with Crippen LogP contribution in [0.4, 0.5) is 4.79 Å². The summed E-state index contributed by atoms with van der Waals surface area (Å²) in [4.78, 5) is 36.4. The van der Waals surface area contributed by atoms with Gasteiger partial charge in [0.2, 0.25) is 0 Å². The van der Waals surface area contributed by atoms with Crippen molar-refractivity contribution in [2.45, 2.75) is 63.5 Å². The number of hydrogen-bond donors (Lipinski definition) is 3. The molecule has 3 N–H and O–H groups in total. The van der Waals surface area contributed by atoms with Gasteiger partial charge in [0, 0.05) is 0 Å². The number of esters is 1. The Morgan fingerprint density at radius 2 is 1.65 bits per heavy atom. The van der Waals surface area contributed by atoms with Crippen LogP contribution in [0, 0.1) is 0 Å². The molecule has 10 nitrogen and oxygen atoms in total. The molecule has 0 aromatic rings. The summed E-state index contributed by atoms with van der Waals surface area (Å²) < 4.78 is 15.7. The summed E-state index contributed by atoms with van der Waals surface area (Å²) >= 11 is 0.525. The van der Waals surface area contributed by atoms with Gasteiger partial charge >= 0.3 is 215 Å². The zero-order valence-corrected chi connectivity index (χ0v) is 25.2. The Morgan fingerprint density at radius 1 is 1.06 bits per heavy atom. The molecule has 2 unspecified atom stereocenters. The van der Waals surface area contributed by atoms with Gasteiger partial charge < -0.3 is 0 Å². The van der Waals surface area contributed by atoms with E-state index in [-0.39, 0.29) is 57.6 Å². The third-order valence-electron chi connectivity index (χ3n) is 6.68. The summed E-state index contributed by atoms with van der Waals surface area (Å²) in [5.74, 6) is -1.19. The third-order valence-corrected chi connectivity index (χ3v) is 9.06. The van der Waals surface area contributed by atoms with Gasteiger partial charge in [-0.2, -0.15) is 0 Å². The number of ether oxygens (including phenoxy) is 3. The Labute approximate surface area is 213 Å². The summed E-state index contributed by atoms with van der Waals surface area (Å²) in [7, 11) is 0.